The van der Waals surface area contributed by atoms with Crippen LogP contribution in [0.15, 0.2) is 17.1 Å². The van der Waals surface area contributed by atoms with Gasteiger partial charge in [-0.25, -0.2) is 4.98 Å². The number of aromatic nitrogens is 1. The molecule has 0 aromatic carbocycles. The van der Waals surface area contributed by atoms with Crippen LogP contribution in [0.2, 0.25) is 5.15 Å². The summed E-state index contributed by atoms with van der Waals surface area (Å²) in [6.45, 7) is 0. The van der Waals surface area contributed by atoms with E-state index in [9.17, 15) is 0 Å². The molecule has 0 radical (unpaired) electrons. The smallest absolute Gasteiger partial charge is 0.129 e. The van der Waals surface area contributed by atoms with Crippen molar-refractivity contribution in [2.75, 3.05) is 0 Å². The van der Waals surface area contributed by atoms with Crippen LogP contribution in [0.25, 0.3) is 0 Å². The van der Waals surface area contributed by atoms with Gasteiger partial charge in [-0.3, -0.25) is 4.99 Å². The lowest BCUT2D eigenvalue weighted by molar-refractivity contribution is 0.605. The van der Waals surface area contributed by atoms with E-state index in [-0.39, 0.29) is 5.41 Å². The van der Waals surface area contributed by atoms with Crippen molar-refractivity contribution in [3.8, 4) is 0 Å². The summed E-state index contributed by atoms with van der Waals surface area (Å²) in [4.78, 5) is 8.86. The molecule has 72 valence electrons. The van der Waals surface area contributed by atoms with Crippen molar-refractivity contribution in [1.82, 2.24) is 4.98 Å². The molecule has 1 saturated carbocycles. The standard InChI is InChI=1S/C11H11ClN2/c12-9-4-3-8-10(14-9)11(7-13-8)5-1-2-6-11/h3-4,7H,1-2,5-6H2. The molecule has 1 aliphatic heterocycles. The molecule has 3 rings (SSSR count). The van der Waals surface area contributed by atoms with Crippen LogP contribution in [-0.4, -0.2) is 11.2 Å². The highest BCUT2D eigenvalue weighted by Gasteiger charge is 2.40. The van der Waals surface area contributed by atoms with Gasteiger partial charge in [-0.15, -0.1) is 0 Å². The Hall–Kier alpha value is -0.890. The lowest BCUT2D eigenvalue weighted by Gasteiger charge is -2.19. The van der Waals surface area contributed by atoms with E-state index >= 15 is 0 Å². The summed E-state index contributed by atoms with van der Waals surface area (Å²) in [5.74, 6) is 0. The van der Waals surface area contributed by atoms with Crippen LogP contribution in [0, 0.1) is 0 Å². The maximum absolute atomic E-state index is 5.92. The predicted molar refractivity (Wildman–Crippen MR) is 57.5 cm³/mol. The average Bonchev–Trinajstić information content (AvgIpc) is 2.77. The van der Waals surface area contributed by atoms with Crippen molar-refractivity contribution in [2.45, 2.75) is 31.1 Å². The van der Waals surface area contributed by atoms with Crippen LogP contribution in [0.4, 0.5) is 5.69 Å². The first-order chi connectivity index (χ1) is 6.80. The fourth-order valence-corrected chi connectivity index (χ4v) is 2.67. The minimum absolute atomic E-state index is 0.125. The van der Waals surface area contributed by atoms with Crippen molar-refractivity contribution >= 4 is 23.5 Å². The molecule has 1 spiro atoms. The third-order valence-corrected chi connectivity index (χ3v) is 3.47. The minimum atomic E-state index is 0.125. The molecular weight excluding hydrogens is 196 g/mol. The van der Waals surface area contributed by atoms with Crippen molar-refractivity contribution < 1.29 is 0 Å². The second kappa shape index (κ2) is 2.80. The van der Waals surface area contributed by atoms with Crippen LogP contribution in [0.5, 0.6) is 0 Å². The molecule has 2 nitrogen and oxygen atoms in total. The molecule has 0 atom stereocenters. The topological polar surface area (TPSA) is 25.2 Å². The SMILES string of the molecule is Clc1ccc2c(n1)C1(C=N2)CCCC1. The van der Waals surface area contributed by atoms with E-state index in [4.69, 9.17) is 11.6 Å². The van der Waals surface area contributed by atoms with Crippen LogP contribution in [0.1, 0.15) is 31.4 Å². The van der Waals surface area contributed by atoms with Crippen molar-refractivity contribution in [3.63, 3.8) is 0 Å². The molecule has 0 saturated heterocycles. The van der Waals surface area contributed by atoms with Gasteiger partial charge < -0.3 is 0 Å². The zero-order chi connectivity index (χ0) is 9.60. The molecule has 0 unspecified atom stereocenters. The van der Waals surface area contributed by atoms with Gasteiger partial charge >= 0.3 is 0 Å². The fraction of sp³-hybridized carbons (Fsp3) is 0.455. The van der Waals surface area contributed by atoms with Crippen molar-refractivity contribution in [1.29, 1.82) is 0 Å². The summed E-state index contributed by atoms with van der Waals surface area (Å²) in [6, 6.07) is 3.78. The van der Waals surface area contributed by atoms with Crippen LogP contribution < -0.4 is 0 Å². The van der Waals surface area contributed by atoms with Gasteiger partial charge in [0.15, 0.2) is 0 Å². The maximum atomic E-state index is 5.92. The molecule has 14 heavy (non-hydrogen) atoms. The molecule has 0 amide bonds. The Morgan fingerprint density at radius 2 is 2.00 bits per heavy atom. The normalized spacial score (nSPS) is 21.8. The molecule has 0 N–H and O–H groups in total. The van der Waals surface area contributed by atoms with Gasteiger partial charge in [0.1, 0.15) is 5.15 Å². The summed E-state index contributed by atoms with van der Waals surface area (Å²) in [7, 11) is 0. The Morgan fingerprint density at radius 1 is 1.21 bits per heavy atom. The van der Waals surface area contributed by atoms with Gasteiger partial charge in [0.2, 0.25) is 0 Å². The largest absolute Gasteiger partial charge is 0.258 e. The average molecular weight is 207 g/mol. The predicted octanol–water partition coefficient (Wildman–Crippen LogP) is 3.26. The molecule has 1 aromatic heterocycles. The molecule has 1 fully saturated rings. The Bertz CT molecular complexity index is 406. The number of hydrogen-bond acceptors (Lipinski definition) is 2. The third kappa shape index (κ3) is 1.04. The quantitative estimate of drug-likeness (QED) is 0.598. The molecular formula is C11H11ClN2. The Kier molecular flexibility index (Phi) is 1.68. The van der Waals surface area contributed by atoms with Crippen LogP contribution in [-0.2, 0) is 5.41 Å². The van der Waals surface area contributed by atoms with Gasteiger partial charge in [-0.05, 0) is 25.0 Å². The molecule has 0 bridgehead atoms. The first kappa shape index (κ1) is 8.42. The molecule has 2 aliphatic rings. The second-order valence-electron chi connectivity index (χ2n) is 4.12. The van der Waals surface area contributed by atoms with Gasteiger partial charge in [-0.1, -0.05) is 24.4 Å². The number of pyridine rings is 1. The Balaban J connectivity index is 2.16. The number of hydrogen-bond donors (Lipinski definition) is 0. The number of rotatable bonds is 0. The second-order valence-corrected chi connectivity index (χ2v) is 4.51. The molecule has 1 aliphatic carbocycles. The van der Waals surface area contributed by atoms with E-state index in [1.165, 1.54) is 25.7 Å². The summed E-state index contributed by atoms with van der Waals surface area (Å²) in [6.07, 6.45) is 6.99. The maximum Gasteiger partial charge on any atom is 0.129 e. The highest BCUT2D eigenvalue weighted by molar-refractivity contribution is 6.29. The first-order valence-electron chi connectivity index (χ1n) is 5.02. The molecule has 1 aromatic rings. The first-order valence-corrected chi connectivity index (χ1v) is 5.40. The number of aliphatic imine (C=N–C) groups is 1. The molecule has 3 heteroatoms. The van der Waals surface area contributed by atoms with E-state index in [1.54, 1.807) is 0 Å². The zero-order valence-corrected chi connectivity index (χ0v) is 8.59. The number of fused-ring (bicyclic) bond motifs is 2. The number of nitrogens with zero attached hydrogens (tertiary/aromatic N) is 2. The highest BCUT2D eigenvalue weighted by atomic mass is 35.5. The van der Waals surface area contributed by atoms with Gasteiger partial charge in [-0.2, -0.15) is 0 Å². The highest BCUT2D eigenvalue weighted by Crippen LogP contribution is 2.46. The summed E-state index contributed by atoms with van der Waals surface area (Å²) >= 11 is 5.92. The Morgan fingerprint density at radius 3 is 2.79 bits per heavy atom. The van der Waals surface area contributed by atoms with E-state index in [2.05, 4.69) is 16.2 Å². The number of halogens is 1. The van der Waals surface area contributed by atoms with E-state index in [0.29, 0.717) is 5.15 Å². The zero-order valence-electron chi connectivity index (χ0n) is 7.83. The van der Waals surface area contributed by atoms with Crippen molar-refractivity contribution in [2.24, 2.45) is 4.99 Å². The monoisotopic (exact) mass is 206 g/mol. The van der Waals surface area contributed by atoms with Crippen LogP contribution >= 0.6 is 11.6 Å². The lowest BCUT2D eigenvalue weighted by atomic mass is 9.85. The summed E-state index contributed by atoms with van der Waals surface area (Å²) < 4.78 is 0. The van der Waals surface area contributed by atoms with E-state index in [0.717, 1.165) is 11.4 Å². The third-order valence-electron chi connectivity index (χ3n) is 3.26. The van der Waals surface area contributed by atoms with Gasteiger partial charge in [0, 0.05) is 6.21 Å². The lowest BCUT2D eigenvalue weighted by Crippen LogP contribution is -2.21. The molecule has 2 heterocycles. The van der Waals surface area contributed by atoms with Gasteiger partial charge in [0.25, 0.3) is 0 Å². The summed E-state index contributed by atoms with van der Waals surface area (Å²) in [5, 5.41) is 0.584. The van der Waals surface area contributed by atoms with E-state index in [1.807, 2.05) is 12.1 Å². The van der Waals surface area contributed by atoms with Gasteiger partial charge in [0.05, 0.1) is 16.8 Å². The van der Waals surface area contributed by atoms with Crippen LogP contribution in [0.3, 0.4) is 0 Å². The Labute approximate surface area is 88.0 Å². The summed E-state index contributed by atoms with van der Waals surface area (Å²) in [5.41, 5.74) is 2.24. The fourth-order valence-electron chi connectivity index (χ4n) is 2.52. The van der Waals surface area contributed by atoms with E-state index < -0.39 is 0 Å². The van der Waals surface area contributed by atoms with Crippen molar-refractivity contribution in [3.05, 3.63) is 23.0 Å². The minimum Gasteiger partial charge on any atom is -0.258 e.